The maximum Gasteiger partial charge on any atom is 0.133 e. The van der Waals surface area contributed by atoms with Gasteiger partial charge in [0.1, 0.15) is 11.6 Å². The van der Waals surface area contributed by atoms with E-state index in [1.54, 1.807) is 0 Å². The molecule has 0 radical (unpaired) electrons. The first kappa shape index (κ1) is 10.1. The van der Waals surface area contributed by atoms with Crippen LogP contribution in [0.2, 0.25) is 0 Å². The lowest BCUT2D eigenvalue weighted by molar-refractivity contribution is 0.473. The molecule has 2 aromatic rings. The summed E-state index contributed by atoms with van der Waals surface area (Å²) >= 11 is 0. The lowest BCUT2D eigenvalue weighted by Gasteiger charge is -2.02. The Kier molecular flexibility index (Phi) is 2.52. The van der Waals surface area contributed by atoms with Gasteiger partial charge in [-0.15, -0.1) is 0 Å². The number of aromatic nitrogens is 1. The summed E-state index contributed by atoms with van der Waals surface area (Å²) in [5.41, 5.74) is 0.998. The molecular formula is C12H7FN2O. The van der Waals surface area contributed by atoms with Crippen LogP contribution in [-0.4, -0.2) is 10.1 Å². The van der Waals surface area contributed by atoms with Gasteiger partial charge in [-0.1, -0.05) is 0 Å². The van der Waals surface area contributed by atoms with Crippen LogP contribution in [0.5, 0.6) is 5.75 Å². The van der Waals surface area contributed by atoms with Gasteiger partial charge in [0, 0.05) is 5.56 Å². The molecular weight excluding hydrogens is 207 g/mol. The van der Waals surface area contributed by atoms with E-state index in [-0.39, 0.29) is 11.3 Å². The number of aromatic hydroxyl groups is 1. The fraction of sp³-hybridized carbons (Fsp3) is 0. The average molecular weight is 214 g/mol. The lowest BCUT2D eigenvalue weighted by Crippen LogP contribution is -1.88. The molecule has 16 heavy (non-hydrogen) atoms. The molecule has 0 aliphatic carbocycles. The molecule has 0 fully saturated rings. The number of benzene rings is 1. The zero-order valence-electron chi connectivity index (χ0n) is 8.18. The van der Waals surface area contributed by atoms with E-state index >= 15 is 0 Å². The Morgan fingerprint density at radius 3 is 2.69 bits per heavy atom. The zero-order valence-corrected chi connectivity index (χ0v) is 8.18. The van der Waals surface area contributed by atoms with Crippen LogP contribution in [0, 0.1) is 17.1 Å². The molecule has 1 heterocycles. The van der Waals surface area contributed by atoms with Crippen LogP contribution in [0.3, 0.4) is 0 Å². The predicted octanol–water partition coefficient (Wildman–Crippen LogP) is 2.46. The molecule has 0 unspecified atom stereocenters. The Labute approximate surface area is 91.4 Å². The Morgan fingerprint density at radius 2 is 2.06 bits per heavy atom. The summed E-state index contributed by atoms with van der Waals surface area (Å²) in [4.78, 5) is 3.89. The van der Waals surface area contributed by atoms with Gasteiger partial charge in [0.05, 0.1) is 23.5 Å². The maximum atomic E-state index is 13.5. The number of halogens is 1. The van der Waals surface area contributed by atoms with E-state index in [2.05, 4.69) is 4.98 Å². The van der Waals surface area contributed by atoms with E-state index in [1.165, 1.54) is 36.5 Å². The fourth-order valence-corrected chi connectivity index (χ4v) is 1.34. The lowest BCUT2D eigenvalue weighted by atomic mass is 10.1. The normalized spacial score (nSPS) is 9.75. The van der Waals surface area contributed by atoms with Crippen LogP contribution in [0.1, 0.15) is 5.56 Å². The van der Waals surface area contributed by atoms with Gasteiger partial charge in [-0.05, 0) is 30.3 Å². The second-order valence-corrected chi connectivity index (χ2v) is 3.21. The summed E-state index contributed by atoms with van der Waals surface area (Å²) in [7, 11) is 0. The minimum Gasteiger partial charge on any atom is -0.506 e. The summed E-state index contributed by atoms with van der Waals surface area (Å²) in [5, 5.41) is 17.8. The first-order valence-electron chi connectivity index (χ1n) is 4.56. The number of nitrogens with zero attached hydrogens (tertiary/aromatic N) is 2. The summed E-state index contributed by atoms with van der Waals surface area (Å²) in [6.45, 7) is 0. The Hall–Kier alpha value is -2.41. The first-order valence-corrected chi connectivity index (χ1v) is 4.56. The second-order valence-electron chi connectivity index (χ2n) is 3.21. The molecule has 0 amide bonds. The summed E-state index contributed by atoms with van der Waals surface area (Å²) < 4.78 is 13.5. The third kappa shape index (κ3) is 1.84. The minimum atomic E-state index is -0.447. The topological polar surface area (TPSA) is 56.9 Å². The average Bonchev–Trinajstić information content (AvgIpc) is 2.31. The van der Waals surface area contributed by atoms with E-state index in [4.69, 9.17) is 10.4 Å². The molecule has 0 saturated heterocycles. The monoisotopic (exact) mass is 214 g/mol. The van der Waals surface area contributed by atoms with Crippen LogP contribution in [0.25, 0.3) is 11.3 Å². The van der Waals surface area contributed by atoms with Gasteiger partial charge < -0.3 is 5.11 Å². The molecule has 4 heteroatoms. The van der Waals surface area contributed by atoms with Gasteiger partial charge in [-0.2, -0.15) is 5.26 Å². The van der Waals surface area contributed by atoms with Crippen molar-refractivity contribution in [2.75, 3.05) is 0 Å². The van der Waals surface area contributed by atoms with E-state index in [1.807, 2.05) is 6.07 Å². The highest BCUT2D eigenvalue weighted by Crippen LogP contribution is 2.23. The van der Waals surface area contributed by atoms with Crippen LogP contribution in [-0.2, 0) is 0 Å². The molecule has 0 bridgehead atoms. The van der Waals surface area contributed by atoms with Crippen molar-refractivity contribution < 1.29 is 9.50 Å². The molecule has 0 saturated carbocycles. The fourth-order valence-electron chi connectivity index (χ4n) is 1.34. The van der Waals surface area contributed by atoms with Crippen molar-refractivity contribution in [3.63, 3.8) is 0 Å². The minimum absolute atomic E-state index is 0.0144. The molecule has 78 valence electrons. The molecule has 1 aromatic heterocycles. The third-order valence-electron chi connectivity index (χ3n) is 2.12. The summed E-state index contributed by atoms with van der Waals surface area (Å²) in [6, 6.07) is 8.90. The van der Waals surface area contributed by atoms with Gasteiger partial charge in [-0.3, -0.25) is 4.98 Å². The van der Waals surface area contributed by atoms with Crippen molar-refractivity contribution in [1.82, 2.24) is 4.98 Å². The van der Waals surface area contributed by atoms with Gasteiger partial charge in [-0.25, -0.2) is 4.39 Å². The molecule has 0 atom stereocenters. The largest absolute Gasteiger partial charge is 0.506 e. The Morgan fingerprint density at radius 1 is 1.25 bits per heavy atom. The van der Waals surface area contributed by atoms with Gasteiger partial charge in [0.2, 0.25) is 0 Å². The molecule has 0 aliphatic heterocycles. The summed E-state index contributed by atoms with van der Waals surface area (Å²) in [5.74, 6) is -0.433. The maximum absolute atomic E-state index is 13.5. The molecule has 0 spiro atoms. The van der Waals surface area contributed by atoms with E-state index in [0.717, 1.165) is 0 Å². The highest BCUT2D eigenvalue weighted by molar-refractivity contribution is 5.62. The van der Waals surface area contributed by atoms with E-state index in [0.29, 0.717) is 11.3 Å². The molecule has 0 aliphatic rings. The highest BCUT2D eigenvalue weighted by atomic mass is 19.1. The molecule has 2 rings (SSSR count). The van der Waals surface area contributed by atoms with Crippen molar-refractivity contribution in [3.05, 3.63) is 47.9 Å². The van der Waals surface area contributed by atoms with Gasteiger partial charge >= 0.3 is 0 Å². The second kappa shape index (κ2) is 3.99. The highest BCUT2D eigenvalue weighted by Gasteiger charge is 2.07. The van der Waals surface area contributed by atoms with Crippen molar-refractivity contribution in [2.24, 2.45) is 0 Å². The third-order valence-corrected chi connectivity index (χ3v) is 2.12. The smallest absolute Gasteiger partial charge is 0.133 e. The van der Waals surface area contributed by atoms with E-state index in [9.17, 15) is 4.39 Å². The van der Waals surface area contributed by atoms with Crippen molar-refractivity contribution in [2.45, 2.75) is 0 Å². The molecule has 1 N–H and O–H groups in total. The quantitative estimate of drug-likeness (QED) is 0.793. The van der Waals surface area contributed by atoms with Crippen molar-refractivity contribution in [3.8, 4) is 23.1 Å². The molecule has 3 nitrogen and oxygen atoms in total. The number of hydrogen-bond donors (Lipinski definition) is 1. The van der Waals surface area contributed by atoms with Gasteiger partial charge in [0.25, 0.3) is 0 Å². The number of pyridine rings is 1. The van der Waals surface area contributed by atoms with Crippen LogP contribution >= 0.6 is 0 Å². The van der Waals surface area contributed by atoms with E-state index < -0.39 is 5.82 Å². The number of hydrogen-bond acceptors (Lipinski definition) is 3. The van der Waals surface area contributed by atoms with Crippen LogP contribution in [0.15, 0.2) is 36.5 Å². The number of nitriles is 1. The standard InChI is InChI=1S/C12H7FN2O/c13-11-3-1-8(6-14)5-10(11)12-4-2-9(16)7-15-12/h1-5,7,16H. The SMILES string of the molecule is N#Cc1ccc(F)c(-c2ccc(O)cn2)c1. The molecule has 1 aromatic carbocycles. The van der Waals surface area contributed by atoms with Crippen LogP contribution in [0.4, 0.5) is 4.39 Å². The Bertz CT molecular complexity index is 558. The van der Waals surface area contributed by atoms with Crippen molar-refractivity contribution >= 4 is 0 Å². The van der Waals surface area contributed by atoms with Crippen LogP contribution < -0.4 is 0 Å². The zero-order chi connectivity index (χ0) is 11.5. The number of rotatable bonds is 1. The summed E-state index contributed by atoms with van der Waals surface area (Å²) in [6.07, 6.45) is 1.23. The predicted molar refractivity (Wildman–Crippen MR) is 56.0 cm³/mol. The van der Waals surface area contributed by atoms with Crippen molar-refractivity contribution in [1.29, 1.82) is 5.26 Å². The Balaban J connectivity index is 2.55. The first-order chi connectivity index (χ1) is 7.70. The van der Waals surface area contributed by atoms with Gasteiger partial charge in [0.15, 0.2) is 0 Å².